The summed E-state index contributed by atoms with van der Waals surface area (Å²) in [5.41, 5.74) is 1.20. The van der Waals surface area contributed by atoms with Gasteiger partial charge in [0.25, 0.3) is 0 Å². The molecule has 0 aliphatic carbocycles. The Morgan fingerprint density at radius 1 is 1.33 bits per heavy atom. The fourth-order valence-corrected chi connectivity index (χ4v) is 2.51. The fraction of sp³-hybridized carbons (Fsp3) is 0.562. The third kappa shape index (κ3) is 3.95. The second-order valence-electron chi connectivity index (χ2n) is 5.77. The lowest BCUT2D eigenvalue weighted by Crippen LogP contribution is -2.21. The molecule has 2 heteroatoms. The quantitative estimate of drug-likeness (QED) is 0.794. The molecule has 0 aromatic heterocycles. The van der Waals surface area contributed by atoms with Crippen LogP contribution in [0.25, 0.3) is 0 Å². The van der Waals surface area contributed by atoms with Gasteiger partial charge in [0.1, 0.15) is 5.78 Å². The van der Waals surface area contributed by atoms with Gasteiger partial charge >= 0.3 is 0 Å². The van der Waals surface area contributed by atoms with E-state index in [0.717, 1.165) is 19.3 Å². The van der Waals surface area contributed by atoms with E-state index in [1.54, 1.807) is 0 Å². The number of ether oxygens (including phenoxy) is 1. The average Bonchev–Trinajstić information content (AvgIpc) is 2.67. The van der Waals surface area contributed by atoms with Crippen LogP contribution in [0, 0.1) is 0 Å². The van der Waals surface area contributed by atoms with E-state index in [9.17, 15) is 4.79 Å². The monoisotopic (exact) mass is 246 g/mol. The molecule has 2 rings (SSSR count). The standard InChI is InChI=1S/C16H22O2/c1-16(2)11-10-15(18-16)12-14(17)9-8-13-6-4-3-5-7-13/h3-7,15H,8-12H2,1-2H3/t15-/m1/s1. The molecule has 2 nitrogen and oxygen atoms in total. The van der Waals surface area contributed by atoms with E-state index in [4.69, 9.17) is 4.74 Å². The van der Waals surface area contributed by atoms with Crippen molar-refractivity contribution in [2.75, 3.05) is 0 Å². The van der Waals surface area contributed by atoms with Gasteiger partial charge in [-0.2, -0.15) is 0 Å². The average molecular weight is 246 g/mol. The Balaban J connectivity index is 1.73. The van der Waals surface area contributed by atoms with Gasteiger partial charge in [0.05, 0.1) is 11.7 Å². The number of ketones is 1. The maximum atomic E-state index is 11.9. The van der Waals surface area contributed by atoms with Gasteiger partial charge in [-0.1, -0.05) is 30.3 Å². The topological polar surface area (TPSA) is 26.3 Å². The number of carbonyl (C=O) groups is 1. The zero-order valence-electron chi connectivity index (χ0n) is 11.3. The molecule has 0 amide bonds. The smallest absolute Gasteiger partial charge is 0.135 e. The molecule has 1 aromatic rings. The van der Waals surface area contributed by atoms with Crippen molar-refractivity contribution >= 4 is 5.78 Å². The lowest BCUT2D eigenvalue weighted by atomic mass is 10.0. The highest BCUT2D eigenvalue weighted by Gasteiger charge is 2.32. The van der Waals surface area contributed by atoms with Crippen LogP contribution in [-0.2, 0) is 16.0 Å². The summed E-state index contributed by atoms with van der Waals surface area (Å²) >= 11 is 0. The Bertz CT molecular complexity index is 395. The molecule has 1 atom stereocenters. The molecule has 0 unspecified atom stereocenters. The van der Waals surface area contributed by atoms with Crippen LogP contribution in [0.5, 0.6) is 0 Å². The molecule has 1 aliphatic rings. The van der Waals surface area contributed by atoms with Gasteiger partial charge in [0.2, 0.25) is 0 Å². The van der Waals surface area contributed by atoms with Crippen molar-refractivity contribution in [1.82, 2.24) is 0 Å². The van der Waals surface area contributed by atoms with Crippen molar-refractivity contribution in [3.05, 3.63) is 35.9 Å². The summed E-state index contributed by atoms with van der Waals surface area (Å²) in [6.45, 7) is 4.20. The summed E-state index contributed by atoms with van der Waals surface area (Å²) in [5.74, 6) is 0.321. The van der Waals surface area contributed by atoms with Crippen LogP contribution in [0.1, 0.15) is 45.1 Å². The summed E-state index contributed by atoms with van der Waals surface area (Å²) in [5, 5.41) is 0. The summed E-state index contributed by atoms with van der Waals surface area (Å²) in [6, 6.07) is 10.2. The maximum Gasteiger partial charge on any atom is 0.135 e. The molecular formula is C16H22O2. The summed E-state index contributed by atoms with van der Waals surface area (Å²) in [7, 11) is 0. The summed E-state index contributed by atoms with van der Waals surface area (Å²) < 4.78 is 5.85. The molecule has 1 heterocycles. The van der Waals surface area contributed by atoms with Gasteiger partial charge in [0.15, 0.2) is 0 Å². The second kappa shape index (κ2) is 5.66. The van der Waals surface area contributed by atoms with Crippen molar-refractivity contribution in [1.29, 1.82) is 0 Å². The molecule has 0 spiro atoms. The van der Waals surface area contributed by atoms with Gasteiger partial charge in [-0.25, -0.2) is 0 Å². The lowest BCUT2D eigenvalue weighted by molar-refractivity contribution is -0.122. The van der Waals surface area contributed by atoms with E-state index in [1.165, 1.54) is 5.56 Å². The van der Waals surface area contributed by atoms with Crippen molar-refractivity contribution in [3.8, 4) is 0 Å². The SMILES string of the molecule is CC1(C)CC[C@H](CC(=O)CCc2ccccc2)O1. The van der Waals surface area contributed by atoms with E-state index in [1.807, 2.05) is 18.2 Å². The number of Topliss-reactive ketones (excluding diaryl/α,β-unsaturated/α-hetero) is 1. The first-order valence-electron chi connectivity index (χ1n) is 6.79. The molecule has 98 valence electrons. The predicted octanol–water partition coefficient (Wildman–Crippen LogP) is 3.54. The Morgan fingerprint density at radius 2 is 2.06 bits per heavy atom. The molecular weight excluding hydrogens is 224 g/mol. The van der Waals surface area contributed by atoms with Crippen LogP contribution in [0.2, 0.25) is 0 Å². The van der Waals surface area contributed by atoms with Crippen LogP contribution in [-0.4, -0.2) is 17.5 Å². The van der Waals surface area contributed by atoms with Crippen molar-refractivity contribution in [2.45, 2.75) is 57.7 Å². The molecule has 1 fully saturated rings. The normalized spacial score (nSPS) is 22.0. The number of hydrogen-bond acceptors (Lipinski definition) is 2. The first-order valence-corrected chi connectivity index (χ1v) is 6.79. The van der Waals surface area contributed by atoms with E-state index >= 15 is 0 Å². The summed E-state index contributed by atoms with van der Waals surface area (Å²) in [4.78, 5) is 11.9. The fourth-order valence-electron chi connectivity index (χ4n) is 2.51. The number of aryl methyl sites for hydroxylation is 1. The minimum absolute atomic E-state index is 0.0373. The molecule has 0 bridgehead atoms. The lowest BCUT2D eigenvalue weighted by Gasteiger charge is -2.18. The van der Waals surface area contributed by atoms with Gasteiger partial charge in [-0.3, -0.25) is 4.79 Å². The van der Waals surface area contributed by atoms with E-state index in [-0.39, 0.29) is 11.7 Å². The van der Waals surface area contributed by atoms with E-state index < -0.39 is 0 Å². The third-order valence-corrected chi connectivity index (χ3v) is 3.54. The minimum atomic E-state index is -0.0373. The molecule has 0 radical (unpaired) electrons. The highest BCUT2D eigenvalue weighted by atomic mass is 16.5. The minimum Gasteiger partial charge on any atom is -0.372 e. The zero-order chi connectivity index (χ0) is 13.0. The number of carbonyl (C=O) groups excluding carboxylic acids is 1. The van der Waals surface area contributed by atoms with Gasteiger partial charge in [-0.15, -0.1) is 0 Å². The molecule has 0 saturated carbocycles. The van der Waals surface area contributed by atoms with Crippen LogP contribution >= 0.6 is 0 Å². The van der Waals surface area contributed by atoms with Gasteiger partial charge < -0.3 is 4.74 Å². The van der Waals surface area contributed by atoms with Crippen LogP contribution in [0.3, 0.4) is 0 Å². The Morgan fingerprint density at radius 3 is 2.67 bits per heavy atom. The molecule has 1 saturated heterocycles. The van der Waals surface area contributed by atoms with Crippen LogP contribution < -0.4 is 0 Å². The molecule has 1 aromatic carbocycles. The number of hydrogen-bond donors (Lipinski definition) is 0. The number of benzene rings is 1. The Hall–Kier alpha value is -1.15. The zero-order valence-corrected chi connectivity index (χ0v) is 11.3. The number of rotatable bonds is 5. The second-order valence-corrected chi connectivity index (χ2v) is 5.77. The van der Waals surface area contributed by atoms with Crippen molar-refractivity contribution in [3.63, 3.8) is 0 Å². The van der Waals surface area contributed by atoms with Crippen LogP contribution in [0.15, 0.2) is 30.3 Å². The third-order valence-electron chi connectivity index (χ3n) is 3.54. The highest BCUT2D eigenvalue weighted by molar-refractivity contribution is 5.79. The maximum absolute atomic E-state index is 11.9. The van der Waals surface area contributed by atoms with Crippen molar-refractivity contribution in [2.24, 2.45) is 0 Å². The molecule has 0 N–H and O–H groups in total. The van der Waals surface area contributed by atoms with E-state index in [0.29, 0.717) is 18.6 Å². The molecule has 1 aliphatic heterocycles. The first kappa shape index (κ1) is 13.3. The first-order chi connectivity index (χ1) is 8.55. The largest absolute Gasteiger partial charge is 0.372 e. The summed E-state index contributed by atoms with van der Waals surface area (Å²) in [6.07, 6.45) is 4.27. The van der Waals surface area contributed by atoms with Gasteiger partial charge in [-0.05, 0) is 38.7 Å². The molecule has 18 heavy (non-hydrogen) atoms. The predicted molar refractivity (Wildman–Crippen MR) is 72.6 cm³/mol. The van der Waals surface area contributed by atoms with Crippen LogP contribution in [0.4, 0.5) is 0 Å². The Labute approximate surface area is 109 Å². The van der Waals surface area contributed by atoms with Crippen molar-refractivity contribution < 1.29 is 9.53 Å². The van der Waals surface area contributed by atoms with Gasteiger partial charge in [0, 0.05) is 12.8 Å². The highest BCUT2D eigenvalue weighted by Crippen LogP contribution is 2.31. The Kier molecular flexibility index (Phi) is 4.18. The van der Waals surface area contributed by atoms with E-state index in [2.05, 4.69) is 26.0 Å².